The van der Waals surface area contributed by atoms with Crippen LogP contribution in [-0.2, 0) is 20.7 Å². The Balaban J connectivity index is 1.53. The largest absolute Gasteiger partial charge is 0.497 e. The van der Waals surface area contributed by atoms with Crippen LogP contribution in [0.2, 0.25) is 0 Å². The molecule has 1 unspecified atom stereocenters. The molecule has 36 heavy (non-hydrogen) atoms. The molecule has 0 radical (unpaired) electrons. The fraction of sp³-hybridized carbons (Fsp3) is 0.310. The maximum atomic E-state index is 13.4. The Morgan fingerprint density at radius 3 is 2.61 bits per heavy atom. The van der Waals surface area contributed by atoms with E-state index in [1.54, 1.807) is 7.11 Å². The van der Waals surface area contributed by atoms with Crippen LogP contribution in [0, 0.1) is 5.92 Å². The third-order valence-corrected chi connectivity index (χ3v) is 6.78. The molecule has 7 heteroatoms. The molecule has 184 valence electrons. The molecule has 1 aliphatic carbocycles. The summed E-state index contributed by atoms with van der Waals surface area (Å²) >= 11 is 0. The van der Waals surface area contributed by atoms with E-state index in [0.29, 0.717) is 48.2 Å². The Bertz CT molecular complexity index is 1380. The lowest BCUT2D eigenvalue weighted by atomic mass is 9.80. The van der Waals surface area contributed by atoms with E-state index < -0.39 is 18.5 Å². The Morgan fingerprint density at radius 1 is 1.11 bits per heavy atom. The number of benzene rings is 2. The minimum atomic E-state index is -0.567. The van der Waals surface area contributed by atoms with Gasteiger partial charge in [0.2, 0.25) is 5.91 Å². The van der Waals surface area contributed by atoms with Gasteiger partial charge in [0, 0.05) is 18.4 Å². The summed E-state index contributed by atoms with van der Waals surface area (Å²) in [5.74, 6) is -0.187. The van der Waals surface area contributed by atoms with Gasteiger partial charge in [0.25, 0.3) is 5.91 Å². The van der Waals surface area contributed by atoms with Gasteiger partial charge in [-0.2, -0.15) is 0 Å². The van der Waals surface area contributed by atoms with Gasteiger partial charge in [0.1, 0.15) is 5.75 Å². The summed E-state index contributed by atoms with van der Waals surface area (Å²) in [4.78, 5) is 44.0. The van der Waals surface area contributed by atoms with Crippen molar-refractivity contribution in [3.63, 3.8) is 0 Å². The second-order valence-electron chi connectivity index (χ2n) is 9.41. The van der Waals surface area contributed by atoms with E-state index in [0.717, 1.165) is 34.6 Å². The standard InChI is InChI=1S/C29H28N2O5/c1-18-14-20(16-19-9-11-21(35-2)12-10-19)28-23(15-18)27(22-6-3-4-7-24(22)30-28)29(34)36-17-26(33)31-13-5-8-25(31)32/h3-4,6-7,9-12,16,18H,5,8,13-15,17H2,1-2H3. The van der Waals surface area contributed by atoms with Gasteiger partial charge >= 0.3 is 5.97 Å². The van der Waals surface area contributed by atoms with Crippen LogP contribution in [0.15, 0.2) is 48.5 Å². The third kappa shape index (κ3) is 4.61. The summed E-state index contributed by atoms with van der Waals surface area (Å²) in [7, 11) is 1.64. The summed E-state index contributed by atoms with van der Waals surface area (Å²) in [6, 6.07) is 15.3. The number of rotatable bonds is 5. The highest BCUT2D eigenvalue weighted by Gasteiger charge is 2.31. The lowest BCUT2D eigenvalue weighted by Gasteiger charge is -2.26. The van der Waals surface area contributed by atoms with Crippen molar-refractivity contribution in [2.75, 3.05) is 20.3 Å². The van der Waals surface area contributed by atoms with Gasteiger partial charge in [-0.05, 0) is 66.2 Å². The number of fused-ring (bicyclic) bond motifs is 2. The van der Waals surface area contributed by atoms with Gasteiger partial charge in [-0.3, -0.25) is 14.5 Å². The van der Waals surface area contributed by atoms with E-state index in [9.17, 15) is 14.4 Å². The molecule has 0 spiro atoms. The average Bonchev–Trinajstić information content (AvgIpc) is 3.32. The van der Waals surface area contributed by atoms with Crippen LogP contribution in [0.3, 0.4) is 0 Å². The number of carbonyl (C=O) groups is 3. The van der Waals surface area contributed by atoms with Gasteiger partial charge in [-0.1, -0.05) is 37.3 Å². The Hall–Kier alpha value is -4.00. The minimum Gasteiger partial charge on any atom is -0.497 e. The number of methoxy groups -OCH3 is 1. The molecule has 0 N–H and O–H groups in total. The number of hydrogen-bond acceptors (Lipinski definition) is 6. The number of esters is 1. The van der Waals surface area contributed by atoms with E-state index in [-0.39, 0.29) is 5.91 Å². The van der Waals surface area contributed by atoms with Crippen molar-refractivity contribution in [1.29, 1.82) is 0 Å². The molecular formula is C29H28N2O5. The molecule has 0 bridgehead atoms. The molecule has 1 atom stereocenters. The minimum absolute atomic E-state index is 0.218. The van der Waals surface area contributed by atoms with Crippen molar-refractivity contribution >= 4 is 40.3 Å². The zero-order chi connectivity index (χ0) is 25.2. The molecule has 1 aliphatic heterocycles. The number of likely N-dealkylation sites (tertiary alicyclic amines) is 1. The van der Waals surface area contributed by atoms with E-state index in [4.69, 9.17) is 14.5 Å². The summed E-state index contributed by atoms with van der Waals surface area (Å²) in [5.41, 5.74) is 4.83. The number of para-hydroxylation sites is 1. The van der Waals surface area contributed by atoms with Crippen LogP contribution in [0.5, 0.6) is 5.75 Å². The average molecular weight is 485 g/mol. The van der Waals surface area contributed by atoms with Crippen molar-refractivity contribution < 1.29 is 23.9 Å². The monoisotopic (exact) mass is 484 g/mol. The van der Waals surface area contributed by atoms with Crippen molar-refractivity contribution in [2.45, 2.75) is 32.6 Å². The summed E-state index contributed by atoms with van der Waals surface area (Å²) in [6.07, 6.45) is 4.60. The van der Waals surface area contributed by atoms with Crippen LogP contribution in [-0.4, -0.2) is 47.9 Å². The predicted molar refractivity (Wildman–Crippen MR) is 136 cm³/mol. The third-order valence-electron chi connectivity index (χ3n) is 6.78. The summed E-state index contributed by atoms with van der Waals surface area (Å²) in [5, 5.41) is 0.698. The lowest BCUT2D eigenvalue weighted by molar-refractivity contribution is -0.143. The zero-order valence-electron chi connectivity index (χ0n) is 20.5. The van der Waals surface area contributed by atoms with Gasteiger partial charge in [-0.15, -0.1) is 0 Å². The molecule has 2 amide bonds. The molecule has 0 saturated carbocycles. The van der Waals surface area contributed by atoms with E-state index in [1.165, 1.54) is 4.90 Å². The van der Waals surface area contributed by atoms with Gasteiger partial charge in [-0.25, -0.2) is 9.78 Å². The Labute approximate surface area is 209 Å². The number of amides is 2. The first-order valence-corrected chi connectivity index (χ1v) is 12.2. The van der Waals surface area contributed by atoms with Crippen LogP contribution in [0.4, 0.5) is 0 Å². The number of carbonyl (C=O) groups excluding carboxylic acids is 3. The number of ether oxygens (including phenoxy) is 2. The van der Waals surface area contributed by atoms with Gasteiger partial charge < -0.3 is 9.47 Å². The summed E-state index contributed by atoms with van der Waals surface area (Å²) < 4.78 is 10.8. The first kappa shape index (κ1) is 23.7. The maximum absolute atomic E-state index is 13.4. The normalized spacial score (nSPS) is 18.4. The Morgan fingerprint density at radius 2 is 1.89 bits per heavy atom. The molecule has 7 nitrogen and oxygen atoms in total. The molecule has 2 aromatic carbocycles. The molecule has 1 aromatic heterocycles. The highest BCUT2D eigenvalue weighted by atomic mass is 16.5. The maximum Gasteiger partial charge on any atom is 0.339 e. The summed E-state index contributed by atoms with van der Waals surface area (Å²) in [6.45, 7) is 2.07. The lowest BCUT2D eigenvalue weighted by Crippen LogP contribution is -2.35. The number of pyridine rings is 1. The first-order valence-electron chi connectivity index (χ1n) is 12.2. The van der Waals surface area contributed by atoms with Crippen molar-refractivity contribution in [1.82, 2.24) is 9.88 Å². The predicted octanol–water partition coefficient (Wildman–Crippen LogP) is 4.67. The van der Waals surface area contributed by atoms with E-state index in [2.05, 4.69) is 13.0 Å². The smallest absolute Gasteiger partial charge is 0.339 e. The first-order chi connectivity index (χ1) is 17.4. The second-order valence-corrected chi connectivity index (χ2v) is 9.41. The van der Waals surface area contributed by atoms with Gasteiger partial charge in [0.05, 0.1) is 23.9 Å². The molecule has 3 aromatic rings. The van der Waals surface area contributed by atoms with Crippen LogP contribution >= 0.6 is 0 Å². The number of hydrogen-bond donors (Lipinski definition) is 0. The molecule has 1 saturated heterocycles. The fourth-order valence-corrected chi connectivity index (χ4v) is 5.06. The molecular weight excluding hydrogens is 456 g/mol. The van der Waals surface area contributed by atoms with Crippen LogP contribution in [0.25, 0.3) is 22.6 Å². The van der Waals surface area contributed by atoms with Crippen molar-refractivity contribution in [3.05, 3.63) is 70.9 Å². The highest BCUT2D eigenvalue weighted by Crippen LogP contribution is 2.39. The van der Waals surface area contributed by atoms with Crippen molar-refractivity contribution in [3.8, 4) is 5.75 Å². The number of imide groups is 1. The number of nitrogens with zero attached hydrogens (tertiary/aromatic N) is 2. The van der Waals surface area contributed by atoms with Crippen molar-refractivity contribution in [2.24, 2.45) is 5.92 Å². The van der Waals surface area contributed by atoms with E-state index in [1.807, 2.05) is 48.5 Å². The molecule has 5 rings (SSSR count). The second kappa shape index (κ2) is 9.93. The quantitative estimate of drug-likeness (QED) is 0.489. The topological polar surface area (TPSA) is 85.8 Å². The SMILES string of the molecule is COc1ccc(C=C2CC(C)Cc3c2nc2ccccc2c3C(=O)OCC(=O)N2CCCC2=O)cc1. The fourth-order valence-electron chi connectivity index (χ4n) is 5.06. The van der Waals surface area contributed by atoms with Gasteiger partial charge in [0.15, 0.2) is 6.61 Å². The zero-order valence-corrected chi connectivity index (χ0v) is 20.5. The van der Waals surface area contributed by atoms with Crippen LogP contribution < -0.4 is 4.74 Å². The number of allylic oxidation sites excluding steroid dienone is 1. The number of aromatic nitrogens is 1. The molecule has 2 aliphatic rings. The Kier molecular flexibility index (Phi) is 6.55. The van der Waals surface area contributed by atoms with E-state index >= 15 is 0 Å². The molecule has 1 fully saturated rings. The highest BCUT2D eigenvalue weighted by molar-refractivity contribution is 6.07. The molecule has 2 heterocycles. The van der Waals surface area contributed by atoms with Crippen LogP contribution in [0.1, 0.15) is 53.4 Å².